The van der Waals surface area contributed by atoms with Gasteiger partial charge in [0.05, 0.1) is 10.7 Å². The van der Waals surface area contributed by atoms with Gasteiger partial charge < -0.3 is 5.32 Å². The van der Waals surface area contributed by atoms with Crippen molar-refractivity contribution in [2.75, 3.05) is 11.9 Å². The van der Waals surface area contributed by atoms with Crippen LogP contribution in [0.3, 0.4) is 0 Å². The molecule has 0 bridgehead atoms. The van der Waals surface area contributed by atoms with Crippen LogP contribution in [0.2, 0.25) is 5.02 Å². The second-order valence-corrected chi connectivity index (χ2v) is 7.06. The highest BCUT2D eigenvalue weighted by Crippen LogP contribution is 2.25. The maximum atomic E-state index is 6.15. The molecule has 3 heteroatoms. The molecule has 1 N–H and O–H groups in total. The molecule has 1 nitrogen and oxygen atoms in total. The second-order valence-electron chi connectivity index (χ2n) is 5.73. The van der Waals surface area contributed by atoms with E-state index in [2.05, 4.69) is 28.2 Å². The highest BCUT2D eigenvalue weighted by Gasteiger charge is 2.00. The monoisotopic (exact) mass is 373 g/mol. The van der Waals surface area contributed by atoms with Crippen molar-refractivity contribution in [2.24, 2.45) is 0 Å². The van der Waals surface area contributed by atoms with E-state index < -0.39 is 0 Å². The molecule has 0 saturated carbocycles. The predicted octanol–water partition coefficient (Wildman–Crippen LogP) is 7.44. The molecule has 0 spiro atoms. The minimum Gasteiger partial charge on any atom is -0.384 e. The van der Waals surface area contributed by atoms with Gasteiger partial charge in [-0.1, -0.05) is 92.2 Å². The zero-order valence-electron chi connectivity index (χ0n) is 13.3. The van der Waals surface area contributed by atoms with Gasteiger partial charge in [-0.2, -0.15) is 0 Å². The van der Waals surface area contributed by atoms with Crippen molar-refractivity contribution in [1.29, 1.82) is 0 Å². The lowest BCUT2D eigenvalue weighted by atomic mass is 10.1. The first kappa shape index (κ1) is 18.8. The van der Waals surface area contributed by atoms with Crippen LogP contribution in [0.5, 0.6) is 0 Å². The van der Waals surface area contributed by atoms with Crippen molar-refractivity contribution in [3.8, 4) is 0 Å². The lowest BCUT2D eigenvalue weighted by molar-refractivity contribution is 0.560. The van der Waals surface area contributed by atoms with Crippen LogP contribution >= 0.6 is 27.5 Å². The molecule has 0 aliphatic heterocycles. The third kappa shape index (κ3) is 9.42. The van der Waals surface area contributed by atoms with Crippen LogP contribution < -0.4 is 5.32 Å². The SMILES string of the molecule is CCCCCCCCCCCCNc1cc(Br)ccc1Cl. The number of nitrogens with one attached hydrogen (secondary N) is 1. The van der Waals surface area contributed by atoms with E-state index in [0.29, 0.717) is 0 Å². The first-order valence-corrected chi connectivity index (χ1v) is 9.60. The number of hydrogen-bond donors (Lipinski definition) is 1. The maximum Gasteiger partial charge on any atom is 0.0638 e. The van der Waals surface area contributed by atoms with Crippen LogP contribution in [0.15, 0.2) is 22.7 Å². The Morgan fingerprint density at radius 3 is 2.10 bits per heavy atom. The molecule has 0 aliphatic rings. The van der Waals surface area contributed by atoms with E-state index in [9.17, 15) is 0 Å². The predicted molar refractivity (Wildman–Crippen MR) is 99.5 cm³/mol. The minimum absolute atomic E-state index is 0.797. The number of rotatable bonds is 12. The summed E-state index contributed by atoms with van der Waals surface area (Å²) in [6, 6.07) is 5.93. The van der Waals surface area contributed by atoms with Crippen LogP contribution in [-0.2, 0) is 0 Å². The summed E-state index contributed by atoms with van der Waals surface area (Å²) in [6.07, 6.45) is 13.7. The Morgan fingerprint density at radius 2 is 1.48 bits per heavy atom. The number of unbranched alkanes of at least 4 members (excludes halogenated alkanes) is 9. The first-order chi connectivity index (χ1) is 10.2. The topological polar surface area (TPSA) is 12.0 Å². The molecule has 0 radical (unpaired) electrons. The largest absolute Gasteiger partial charge is 0.384 e. The molecule has 1 aromatic rings. The third-order valence-electron chi connectivity index (χ3n) is 3.77. The van der Waals surface area contributed by atoms with Gasteiger partial charge in [0.1, 0.15) is 0 Å². The number of anilines is 1. The number of hydrogen-bond acceptors (Lipinski definition) is 1. The molecular weight excluding hydrogens is 346 g/mol. The van der Waals surface area contributed by atoms with Crippen LogP contribution in [0, 0.1) is 0 Å². The fourth-order valence-electron chi connectivity index (χ4n) is 2.47. The smallest absolute Gasteiger partial charge is 0.0638 e. The van der Waals surface area contributed by atoms with E-state index in [1.807, 2.05) is 18.2 Å². The van der Waals surface area contributed by atoms with Crippen LogP contribution in [0.25, 0.3) is 0 Å². The molecule has 0 aromatic heterocycles. The van der Waals surface area contributed by atoms with Gasteiger partial charge in [-0.05, 0) is 24.6 Å². The average Bonchev–Trinajstić information content (AvgIpc) is 2.48. The molecule has 0 saturated heterocycles. The number of benzene rings is 1. The molecule has 1 rings (SSSR count). The molecular formula is C18H29BrClN. The highest BCUT2D eigenvalue weighted by molar-refractivity contribution is 9.10. The van der Waals surface area contributed by atoms with Gasteiger partial charge in [-0.3, -0.25) is 0 Å². The van der Waals surface area contributed by atoms with Gasteiger partial charge >= 0.3 is 0 Å². The first-order valence-electron chi connectivity index (χ1n) is 8.43. The summed E-state index contributed by atoms with van der Waals surface area (Å²) >= 11 is 9.62. The van der Waals surface area contributed by atoms with Crippen molar-refractivity contribution in [2.45, 2.75) is 71.1 Å². The van der Waals surface area contributed by atoms with Gasteiger partial charge in [-0.15, -0.1) is 0 Å². The van der Waals surface area contributed by atoms with E-state index >= 15 is 0 Å². The van der Waals surface area contributed by atoms with E-state index in [1.165, 1.54) is 64.2 Å². The Labute approximate surface area is 144 Å². The zero-order chi connectivity index (χ0) is 15.3. The molecule has 0 fully saturated rings. The molecule has 0 aliphatic carbocycles. The van der Waals surface area contributed by atoms with E-state index in [-0.39, 0.29) is 0 Å². The maximum absolute atomic E-state index is 6.15. The average molecular weight is 375 g/mol. The van der Waals surface area contributed by atoms with E-state index in [4.69, 9.17) is 11.6 Å². The lowest BCUT2D eigenvalue weighted by Gasteiger charge is -2.08. The summed E-state index contributed by atoms with van der Waals surface area (Å²) < 4.78 is 1.07. The molecule has 0 heterocycles. The van der Waals surface area contributed by atoms with Gasteiger partial charge in [-0.25, -0.2) is 0 Å². The summed E-state index contributed by atoms with van der Waals surface area (Å²) in [7, 11) is 0. The molecule has 0 amide bonds. The van der Waals surface area contributed by atoms with Crippen LogP contribution in [0.1, 0.15) is 71.1 Å². The van der Waals surface area contributed by atoms with Gasteiger partial charge in [0.2, 0.25) is 0 Å². The second kappa shape index (κ2) is 12.3. The van der Waals surface area contributed by atoms with Gasteiger partial charge in [0.25, 0.3) is 0 Å². The fraction of sp³-hybridized carbons (Fsp3) is 0.667. The van der Waals surface area contributed by atoms with Gasteiger partial charge in [0.15, 0.2) is 0 Å². The Balaban J connectivity index is 1.94. The van der Waals surface area contributed by atoms with Crippen molar-refractivity contribution < 1.29 is 0 Å². The standard InChI is InChI=1S/C18H29BrClN/c1-2-3-4-5-6-7-8-9-10-11-14-21-18-15-16(19)12-13-17(18)20/h12-13,15,21H,2-11,14H2,1H3. The normalized spacial score (nSPS) is 10.8. The van der Waals surface area contributed by atoms with Crippen LogP contribution in [-0.4, -0.2) is 6.54 Å². The van der Waals surface area contributed by atoms with Crippen molar-refractivity contribution in [3.63, 3.8) is 0 Å². The summed E-state index contributed by atoms with van der Waals surface area (Å²) in [6.45, 7) is 3.28. The fourth-order valence-corrected chi connectivity index (χ4v) is 3.01. The third-order valence-corrected chi connectivity index (χ3v) is 4.60. The summed E-state index contributed by atoms with van der Waals surface area (Å²) in [5, 5.41) is 4.21. The minimum atomic E-state index is 0.797. The molecule has 0 unspecified atom stereocenters. The molecule has 120 valence electrons. The van der Waals surface area contributed by atoms with E-state index in [0.717, 1.165) is 21.7 Å². The molecule has 21 heavy (non-hydrogen) atoms. The van der Waals surface area contributed by atoms with Crippen molar-refractivity contribution in [3.05, 3.63) is 27.7 Å². The Bertz CT molecular complexity index is 381. The summed E-state index contributed by atoms with van der Waals surface area (Å²) in [4.78, 5) is 0. The number of halogens is 2. The lowest BCUT2D eigenvalue weighted by Crippen LogP contribution is -2.01. The Morgan fingerprint density at radius 1 is 0.905 bits per heavy atom. The quantitative estimate of drug-likeness (QED) is 0.375. The zero-order valence-corrected chi connectivity index (χ0v) is 15.6. The Hall–Kier alpha value is -0.210. The Kier molecular flexibility index (Phi) is 11.1. The van der Waals surface area contributed by atoms with E-state index in [1.54, 1.807) is 0 Å². The van der Waals surface area contributed by atoms with Crippen LogP contribution in [0.4, 0.5) is 5.69 Å². The molecule has 1 aromatic carbocycles. The summed E-state index contributed by atoms with van der Waals surface area (Å²) in [5.41, 5.74) is 1.03. The summed E-state index contributed by atoms with van der Waals surface area (Å²) in [5.74, 6) is 0. The van der Waals surface area contributed by atoms with Crippen molar-refractivity contribution >= 4 is 33.2 Å². The molecule has 0 atom stereocenters. The highest BCUT2D eigenvalue weighted by atomic mass is 79.9. The van der Waals surface area contributed by atoms with Crippen molar-refractivity contribution in [1.82, 2.24) is 0 Å². The van der Waals surface area contributed by atoms with Gasteiger partial charge in [0, 0.05) is 11.0 Å².